The Balaban J connectivity index is 1.09. The predicted molar refractivity (Wildman–Crippen MR) is 115 cm³/mol. The minimum atomic E-state index is 0.00348. The number of benzene rings is 1. The average molecular weight is 411 g/mol. The minimum Gasteiger partial charge on any atom is -0.484 e. The summed E-state index contributed by atoms with van der Waals surface area (Å²) >= 11 is 0. The molecule has 0 N–H and O–H groups in total. The highest BCUT2D eigenvalue weighted by atomic mass is 16.5. The first kappa shape index (κ1) is 19.9. The first-order valence-electron chi connectivity index (χ1n) is 11.7. The molecule has 0 unspecified atom stereocenters. The molecule has 1 aliphatic heterocycles. The van der Waals surface area contributed by atoms with Crippen LogP contribution in [0.2, 0.25) is 0 Å². The maximum atomic E-state index is 13.1. The fourth-order valence-electron chi connectivity index (χ4n) is 7.02. The van der Waals surface area contributed by atoms with Gasteiger partial charge in [0.25, 0.3) is 5.91 Å². The molecule has 162 valence electrons. The molecule has 1 saturated heterocycles. The average Bonchev–Trinajstić information content (AvgIpc) is 2.72. The smallest absolute Gasteiger partial charge is 0.260 e. The quantitative estimate of drug-likeness (QED) is 0.745. The molecule has 5 nitrogen and oxygen atoms in total. The van der Waals surface area contributed by atoms with Crippen molar-refractivity contribution in [1.29, 1.82) is 0 Å². The van der Waals surface area contributed by atoms with Crippen molar-refractivity contribution in [2.75, 3.05) is 32.8 Å². The number of piperazine rings is 1. The van der Waals surface area contributed by atoms with Gasteiger partial charge in [-0.3, -0.25) is 9.59 Å². The fraction of sp³-hybridized carbons (Fsp3) is 0.680. The third-order valence-corrected chi connectivity index (χ3v) is 8.06. The molecule has 0 aromatic heterocycles. The van der Waals surface area contributed by atoms with E-state index in [-0.39, 0.29) is 12.5 Å². The van der Waals surface area contributed by atoms with E-state index < -0.39 is 0 Å². The molecule has 1 aromatic rings. The fourth-order valence-corrected chi connectivity index (χ4v) is 7.02. The van der Waals surface area contributed by atoms with Gasteiger partial charge in [-0.25, -0.2) is 0 Å². The van der Waals surface area contributed by atoms with E-state index in [1.165, 1.54) is 44.1 Å². The highest BCUT2D eigenvalue weighted by molar-refractivity contribution is 5.79. The summed E-state index contributed by atoms with van der Waals surface area (Å²) in [7, 11) is 0. The lowest BCUT2D eigenvalue weighted by Gasteiger charge is -2.57. The van der Waals surface area contributed by atoms with E-state index in [0.717, 1.165) is 29.9 Å². The van der Waals surface area contributed by atoms with Gasteiger partial charge in [0.1, 0.15) is 5.75 Å². The second-order valence-electron chi connectivity index (χ2n) is 10.5. The van der Waals surface area contributed by atoms with E-state index in [1.54, 1.807) is 0 Å². The van der Waals surface area contributed by atoms with Gasteiger partial charge in [-0.05, 0) is 80.8 Å². The largest absolute Gasteiger partial charge is 0.484 e. The number of ether oxygens (including phenoxy) is 1. The van der Waals surface area contributed by atoms with E-state index in [2.05, 4.69) is 0 Å². The first-order chi connectivity index (χ1) is 14.5. The van der Waals surface area contributed by atoms with Crippen LogP contribution in [-0.2, 0) is 9.59 Å². The van der Waals surface area contributed by atoms with E-state index in [4.69, 9.17) is 4.74 Å². The van der Waals surface area contributed by atoms with Gasteiger partial charge in [-0.2, -0.15) is 0 Å². The van der Waals surface area contributed by atoms with Crippen LogP contribution in [0.4, 0.5) is 0 Å². The molecule has 0 radical (unpaired) electrons. The summed E-state index contributed by atoms with van der Waals surface area (Å²) in [6, 6.07) is 7.75. The highest BCUT2D eigenvalue weighted by Crippen LogP contribution is 2.61. The van der Waals surface area contributed by atoms with Crippen LogP contribution in [0.15, 0.2) is 24.3 Å². The number of carbonyl (C=O) groups excluding carboxylic acids is 2. The van der Waals surface area contributed by atoms with E-state index >= 15 is 0 Å². The molecule has 4 aliphatic carbocycles. The molecule has 1 aromatic carbocycles. The van der Waals surface area contributed by atoms with Crippen LogP contribution in [-0.4, -0.2) is 54.4 Å². The molecule has 5 fully saturated rings. The van der Waals surface area contributed by atoms with Crippen molar-refractivity contribution in [2.24, 2.45) is 23.2 Å². The summed E-state index contributed by atoms with van der Waals surface area (Å²) in [5, 5.41) is 0. The normalized spacial score (nSPS) is 32.4. The molecule has 2 amide bonds. The second-order valence-corrected chi connectivity index (χ2v) is 10.5. The van der Waals surface area contributed by atoms with Crippen molar-refractivity contribution >= 4 is 11.8 Å². The molecule has 5 aliphatic rings. The highest BCUT2D eigenvalue weighted by Gasteiger charge is 2.51. The van der Waals surface area contributed by atoms with Crippen LogP contribution in [0, 0.1) is 30.1 Å². The molecule has 30 heavy (non-hydrogen) atoms. The Morgan fingerprint density at radius 3 is 1.90 bits per heavy atom. The summed E-state index contributed by atoms with van der Waals surface area (Å²) in [6.45, 7) is 4.62. The van der Waals surface area contributed by atoms with Crippen LogP contribution in [0.1, 0.15) is 50.5 Å². The second kappa shape index (κ2) is 7.90. The topological polar surface area (TPSA) is 49.9 Å². The summed E-state index contributed by atoms with van der Waals surface area (Å²) in [5.74, 6) is 3.69. The third kappa shape index (κ3) is 4.08. The van der Waals surface area contributed by atoms with E-state index in [0.29, 0.717) is 37.5 Å². The zero-order chi connectivity index (χ0) is 20.7. The molecule has 5 heteroatoms. The monoisotopic (exact) mass is 410 g/mol. The van der Waals surface area contributed by atoms with E-state index in [1.807, 2.05) is 41.0 Å². The Morgan fingerprint density at radius 2 is 1.37 bits per heavy atom. The third-order valence-electron chi connectivity index (χ3n) is 8.06. The van der Waals surface area contributed by atoms with Crippen molar-refractivity contribution in [3.05, 3.63) is 29.8 Å². The number of rotatable bonds is 5. The summed E-state index contributed by atoms with van der Waals surface area (Å²) in [6.07, 6.45) is 8.82. The maximum absolute atomic E-state index is 13.1. The van der Waals surface area contributed by atoms with E-state index in [9.17, 15) is 9.59 Å². The van der Waals surface area contributed by atoms with Crippen LogP contribution in [0.5, 0.6) is 5.75 Å². The molecule has 4 saturated carbocycles. The van der Waals surface area contributed by atoms with Gasteiger partial charge in [-0.15, -0.1) is 0 Å². The van der Waals surface area contributed by atoms with Gasteiger partial charge in [0.15, 0.2) is 6.61 Å². The first-order valence-corrected chi connectivity index (χ1v) is 11.7. The van der Waals surface area contributed by atoms with Crippen molar-refractivity contribution in [2.45, 2.75) is 51.9 Å². The van der Waals surface area contributed by atoms with Gasteiger partial charge in [-0.1, -0.05) is 17.7 Å². The molecular formula is C25H34N2O3. The lowest BCUT2D eigenvalue weighted by molar-refractivity contribution is -0.145. The Kier molecular flexibility index (Phi) is 5.24. The molecule has 6 rings (SSSR count). The van der Waals surface area contributed by atoms with Crippen molar-refractivity contribution in [1.82, 2.24) is 9.80 Å². The maximum Gasteiger partial charge on any atom is 0.260 e. The van der Waals surface area contributed by atoms with Gasteiger partial charge in [0.2, 0.25) is 5.91 Å². The SMILES string of the molecule is Cc1ccc(OCC(=O)N2CCN(C(=O)CC34CC5CC(CC(C5)C3)C4)CC2)cc1. The van der Waals surface area contributed by atoms with Gasteiger partial charge < -0.3 is 14.5 Å². The lowest BCUT2D eigenvalue weighted by atomic mass is 9.49. The number of hydrogen-bond acceptors (Lipinski definition) is 3. The van der Waals surface area contributed by atoms with Crippen LogP contribution in [0.3, 0.4) is 0 Å². The van der Waals surface area contributed by atoms with Crippen molar-refractivity contribution in [3.63, 3.8) is 0 Å². The van der Waals surface area contributed by atoms with Gasteiger partial charge >= 0.3 is 0 Å². The Hall–Kier alpha value is -2.04. The predicted octanol–water partition coefficient (Wildman–Crippen LogP) is 3.65. The number of aryl methyl sites for hydroxylation is 1. The van der Waals surface area contributed by atoms with Crippen LogP contribution in [0.25, 0.3) is 0 Å². The number of amides is 2. The number of nitrogens with zero attached hydrogens (tertiary/aromatic N) is 2. The summed E-state index contributed by atoms with van der Waals surface area (Å²) < 4.78 is 5.64. The molecule has 0 spiro atoms. The molecule has 0 atom stereocenters. The molecular weight excluding hydrogens is 376 g/mol. The van der Waals surface area contributed by atoms with Gasteiger partial charge in [0, 0.05) is 32.6 Å². The van der Waals surface area contributed by atoms with Crippen LogP contribution < -0.4 is 4.74 Å². The van der Waals surface area contributed by atoms with Crippen LogP contribution >= 0.6 is 0 Å². The van der Waals surface area contributed by atoms with Crippen molar-refractivity contribution < 1.29 is 14.3 Å². The standard InChI is InChI=1S/C25H34N2O3/c1-18-2-4-22(5-3-18)30-17-24(29)27-8-6-26(7-9-27)23(28)16-25-13-19-10-20(14-25)12-21(11-19)15-25/h2-5,19-21H,6-17H2,1H3. The zero-order valence-corrected chi connectivity index (χ0v) is 18.1. The van der Waals surface area contributed by atoms with Gasteiger partial charge in [0.05, 0.1) is 0 Å². The zero-order valence-electron chi connectivity index (χ0n) is 18.1. The minimum absolute atomic E-state index is 0.00348. The Bertz CT molecular complexity index is 760. The molecule has 1 heterocycles. The van der Waals surface area contributed by atoms with Crippen molar-refractivity contribution in [3.8, 4) is 5.75 Å². The molecule has 4 bridgehead atoms. The lowest BCUT2D eigenvalue weighted by Crippen LogP contribution is -2.53. The Labute approximate surface area is 179 Å². The Morgan fingerprint density at radius 1 is 0.867 bits per heavy atom. The summed E-state index contributed by atoms with van der Waals surface area (Å²) in [5.41, 5.74) is 1.46. The number of carbonyl (C=O) groups is 2. The number of hydrogen-bond donors (Lipinski definition) is 0. The summed E-state index contributed by atoms with van der Waals surface area (Å²) in [4.78, 5) is 29.4.